The van der Waals surface area contributed by atoms with E-state index in [1.165, 1.54) is 6.21 Å². The summed E-state index contributed by atoms with van der Waals surface area (Å²) in [4.78, 5) is 12.0. The van der Waals surface area contributed by atoms with Gasteiger partial charge in [-0.2, -0.15) is 5.10 Å². The molecule has 0 heterocycles. The zero-order chi connectivity index (χ0) is 16.5. The van der Waals surface area contributed by atoms with Gasteiger partial charge in [-0.25, -0.2) is 5.43 Å². The quantitative estimate of drug-likeness (QED) is 0.506. The molecular formula is C18H16N2O3. The first-order valence-electron chi connectivity index (χ1n) is 6.87. The molecule has 5 nitrogen and oxygen atoms in total. The van der Waals surface area contributed by atoms with Gasteiger partial charge in [-0.05, 0) is 36.4 Å². The SMILES string of the molecule is C#CCOc1ccccc1/C=N/NC(=O)c1ccc(OC)cc1. The predicted octanol–water partition coefficient (Wildman–Crippen LogP) is 2.47. The Hall–Kier alpha value is -3.26. The maximum Gasteiger partial charge on any atom is 0.271 e. The molecule has 0 spiro atoms. The highest BCUT2D eigenvalue weighted by Gasteiger charge is 2.04. The minimum absolute atomic E-state index is 0.170. The Balaban J connectivity index is 2.01. The molecule has 0 atom stereocenters. The lowest BCUT2D eigenvalue weighted by atomic mass is 10.2. The minimum atomic E-state index is -0.314. The molecule has 2 aromatic carbocycles. The van der Waals surface area contributed by atoms with Crippen molar-refractivity contribution in [3.05, 3.63) is 59.7 Å². The standard InChI is InChI=1S/C18H16N2O3/c1-3-12-23-17-7-5-4-6-15(17)13-19-20-18(21)14-8-10-16(22-2)11-9-14/h1,4-11,13H,12H2,2H3,(H,20,21)/b19-13+. The van der Waals surface area contributed by atoms with Crippen LogP contribution in [0.15, 0.2) is 53.6 Å². The first-order chi connectivity index (χ1) is 11.2. The topological polar surface area (TPSA) is 59.9 Å². The first-order valence-corrected chi connectivity index (χ1v) is 6.87. The van der Waals surface area contributed by atoms with Crippen LogP contribution in [0.2, 0.25) is 0 Å². The van der Waals surface area contributed by atoms with Gasteiger partial charge in [0.1, 0.15) is 18.1 Å². The van der Waals surface area contributed by atoms with Crippen molar-refractivity contribution in [2.75, 3.05) is 13.7 Å². The average molecular weight is 308 g/mol. The molecule has 1 N–H and O–H groups in total. The number of amides is 1. The summed E-state index contributed by atoms with van der Waals surface area (Å²) in [6, 6.07) is 14.0. The number of nitrogens with zero attached hydrogens (tertiary/aromatic N) is 1. The van der Waals surface area contributed by atoms with Crippen molar-refractivity contribution in [3.63, 3.8) is 0 Å². The summed E-state index contributed by atoms with van der Waals surface area (Å²) in [5.74, 6) is 3.38. The van der Waals surface area contributed by atoms with Crippen LogP contribution in [0.3, 0.4) is 0 Å². The molecule has 0 fully saturated rings. The van der Waals surface area contributed by atoms with Crippen LogP contribution >= 0.6 is 0 Å². The zero-order valence-electron chi connectivity index (χ0n) is 12.7. The number of hydrogen-bond donors (Lipinski definition) is 1. The lowest BCUT2D eigenvalue weighted by Gasteiger charge is -2.05. The third-order valence-electron chi connectivity index (χ3n) is 2.95. The van der Waals surface area contributed by atoms with E-state index in [0.29, 0.717) is 17.1 Å². The van der Waals surface area contributed by atoms with Crippen molar-refractivity contribution < 1.29 is 14.3 Å². The van der Waals surface area contributed by atoms with Crippen molar-refractivity contribution in [2.45, 2.75) is 0 Å². The van der Waals surface area contributed by atoms with Gasteiger partial charge in [-0.1, -0.05) is 18.1 Å². The van der Waals surface area contributed by atoms with E-state index in [4.69, 9.17) is 15.9 Å². The molecule has 1 amide bonds. The molecule has 5 heteroatoms. The second kappa shape index (κ2) is 8.25. The molecule has 116 valence electrons. The third kappa shape index (κ3) is 4.61. The van der Waals surface area contributed by atoms with Crippen molar-refractivity contribution in [2.24, 2.45) is 5.10 Å². The van der Waals surface area contributed by atoms with Crippen LogP contribution in [0.1, 0.15) is 15.9 Å². The molecule has 23 heavy (non-hydrogen) atoms. The summed E-state index contributed by atoms with van der Waals surface area (Å²) in [6.45, 7) is 0.170. The molecule has 0 saturated carbocycles. The highest BCUT2D eigenvalue weighted by molar-refractivity contribution is 5.95. The number of rotatable bonds is 6. The summed E-state index contributed by atoms with van der Waals surface area (Å²) in [5, 5.41) is 3.94. The lowest BCUT2D eigenvalue weighted by molar-refractivity contribution is 0.0955. The predicted molar refractivity (Wildman–Crippen MR) is 88.8 cm³/mol. The van der Waals surface area contributed by atoms with Gasteiger partial charge in [0, 0.05) is 11.1 Å². The molecule has 0 unspecified atom stereocenters. The largest absolute Gasteiger partial charge is 0.497 e. The van der Waals surface area contributed by atoms with Crippen molar-refractivity contribution in [3.8, 4) is 23.8 Å². The van der Waals surface area contributed by atoms with Crippen molar-refractivity contribution in [1.82, 2.24) is 5.43 Å². The second-order valence-electron chi connectivity index (χ2n) is 4.46. The van der Waals surface area contributed by atoms with Gasteiger partial charge in [-0.3, -0.25) is 4.79 Å². The number of hydrogen-bond acceptors (Lipinski definition) is 4. The van der Waals surface area contributed by atoms with E-state index in [2.05, 4.69) is 16.4 Å². The second-order valence-corrected chi connectivity index (χ2v) is 4.46. The van der Waals surface area contributed by atoms with E-state index < -0.39 is 0 Å². The molecular weight excluding hydrogens is 292 g/mol. The Morgan fingerprint density at radius 1 is 1.26 bits per heavy atom. The fourth-order valence-corrected chi connectivity index (χ4v) is 1.81. The highest BCUT2D eigenvalue weighted by Crippen LogP contribution is 2.15. The molecule has 0 aromatic heterocycles. The molecule has 0 saturated heterocycles. The Labute approximate surface area is 134 Å². The Kier molecular flexibility index (Phi) is 5.78. The van der Waals surface area contributed by atoms with Crippen LogP contribution in [0.25, 0.3) is 0 Å². The number of terminal acetylenes is 1. The first kappa shape index (κ1) is 16.1. The zero-order valence-corrected chi connectivity index (χ0v) is 12.7. The Morgan fingerprint density at radius 3 is 2.70 bits per heavy atom. The molecule has 0 aliphatic carbocycles. The van der Waals surface area contributed by atoms with Gasteiger partial charge in [0.25, 0.3) is 5.91 Å². The fourth-order valence-electron chi connectivity index (χ4n) is 1.81. The van der Waals surface area contributed by atoms with Gasteiger partial charge in [-0.15, -0.1) is 6.42 Å². The molecule has 2 rings (SSSR count). The summed E-state index contributed by atoms with van der Waals surface area (Å²) in [5.41, 5.74) is 3.67. The van der Waals surface area contributed by atoms with Crippen LogP contribution < -0.4 is 14.9 Å². The van der Waals surface area contributed by atoms with E-state index in [1.807, 2.05) is 18.2 Å². The van der Waals surface area contributed by atoms with Crippen LogP contribution in [-0.2, 0) is 0 Å². The summed E-state index contributed by atoms with van der Waals surface area (Å²) in [7, 11) is 1.57. The van der Waals surface area contributed by atoms with Gasteiger partial charge in [0.15, 0.2) is 0 Å². The number of ether oxygens (including phenoxy) is 2. The Morgan fingerprint density at radius 2 is 2.00 bits per heavy atom. The van der Waals surface area contributed by atoms with E-state index in [9.17, 15) is 4.79 Å². The monoisotopic (exact) mass is 308 g/mol. The Bertz CT molecular complexity index is 731. The van der Waals surface area contributed by atoms with E-state index in [-0.39, 0.29) is 12.5 Å². The number of carbonyl (C=O) groups excluding carboxylic acids is 1. The van der Waals surface area contributed by atoms with Crippen LogP contribution in [0, 0.1) is 12.3 Å². The lowest BCUT2D eigenvalue weighted by Crippen LogP contribution is -2.17. The highest BCUT2D eigenvalue weighted by atomic mass is 16.5. The van der Waals surface area contributed by atoms with Crippen molar-refractivity contribution >= 4 is 12.1 Å². The maximum absolute atomic E-state index is 12.0. The third-order valence-corrected chi connectivity index (χ3v) is 2.95. The number of nitrogens with one attached hydrogen (secondary N) is 1. The van der Waals surface area contributed by atoms with Crippen LogP contribution in [0.4, 0.5) is 0 Å². The van der Waals surface area contributed by atoms with Crippen LogP contribution in [0.5, 0.6) is 11.5 Å². The summed E-state index contributed by atoms with van der Waals surface area (Å²) >= 11 is 0. The number of methoxy groups -OCH3 is 1. The summed E-state index contributed by atoms with van der Waals surface area (Å²) in [6.07, 6.45) is 6.68. The number of carbonyl (C=O) groups is 1. The maximum atomic E-state index is 12.0. The number of para-hydroxylation sites is 1. The smallest absolute Gasteiger partial charge is 0.271 e. The van der Waals surface area contributed by atoms with Gasteiger partial charge >= 0.3 is 0 Å². The number of benzene rings is 2. The molecule has 0 aliphatic rings. The van der Waals surface area contributed by atoms with E-state index >= 15 is 0 Å². The normalized spacial score (nSPS) is 10.1. The van der Waals surface area contributed by atoms with Crippen LogP contribution in [-0.4, -0.2) is 25.8 Å². The molecule has 0 radical (unpaired) electrons. The van der Waals surface area contributed by atoms with Crippen molar-refractivity contribution in [1.29, 1.82) is 0 Å². The van der Waals surface area contributed by atoms with Gasteiger partial charge < -0.3 is 9.47 Å². The molecule has 0 aliphatic heterocycles. The van der Waals surface area contributed by atoms with Gasteiger partial charge in [0.2, 0.25) is 0 Å². The fraction of sp³-hybridized carbons (Fsp3) is 0.111. The number of hydrazone groups is 1. The molecule has 0 bridgehead atoms. The minimum Gasteiger partial charge on any atom is -0.497 e. The summed E-state index contributed by atoms with van der Waals surface area (Å²) < 4.78 is 10.4. The molecule has 2 aromatic rings. The van der Waals surface area contributed by atoms with E-state index in [1.54, 1.807) is 37.4 Å². The average Bonchev–Trinajstić information content (AvgIpc) is 2.61. The van der Waals surface area contributed by atoms with Gasteiger partial charge in [0.05, 0.1) is 13.3 Å². The van der Waals surface area contributed by atoms with E-state index in [0.717, 1.165) is 5.56 Å².